The largest absolute Gasteiger partial charge is 0.481 e. The smallest absolute Gasteiger partial charge is 0.307 e. The summed E-state index contributed by atoms with van der Waals surface area (Å²) >= 11 is 0. The lowest BCUT2D eigenvalue weighted by Crippen LogP contribution is -2.30. The van der Waals surface area contributed by atoms with E-state index in [1.165, 1.54) is 17.3 Å². The minimum Gasteiger partial charge on any atom is -0.481 e. The van der Waals surface area contributed by atoms with E-state index in [2.05, 4.69) is 0 Å². The summed E-state index contributed by atoms with van der Waals surface area (Å²) in [6.07, 6.45) is 0.952. The first-order chi connectivity index (χ1) is 10.8. The van der Waals surface area contributed by atoms with Gasteiger partial charge in [-0.2, -0.15) is 4.31 Å². The summed E-state index contributed by atoms with van der Waals surface area (Å²) < 4.78 is 26.6. The molecule has 1 aromatic carbocycles. The van der Waals surface area contributed by atoms with Crippen LogP contribution in [0.15, 0.2) is 23.1 Å². The predicted octanol–water partition coefficient (Wildman–Crippen LogP) is 0.691. The molecule has 2 aliphatic heterocycles. The quantitative estimate of drug-likeness (QED) is 0.875. The van der Waals surface area contributed by atoms with Crippen LogP contribution in [0.1, 0.15) is 18.9 Å². The molecule has 1 fully saturated rings. The van der Waals surface area contributed by atoms with Crippen LogP contribution < -0.4 is 4.90 Å². The zero-order valence-corrected chi connectivity index (χ0v) is 13.5. The number of sulfonamides is 1. The number of hydrogen-bond donors (Lipinski definition) is 1. The van der Waals surface area contributed by atoms with Crippen molar-refractivity contribution in [3.8, 4) is 0 Å². The number of carbonyl (C=O) groups is 2. The third-order valence-corrected chi connectivity index (χ3v) is 6.33. The van der Waals surface area contributed by atoms with Crippen molar-refractivity contribution < 1.29 is 23.1 Å². The first-order valence-electron chi connectivity index (χ1n) is 7.44. The minimum atomic E-state index is -3.70. The zero-order valence-electron chi connectivity index (χ0n) is 12.7. The van der Waals surface area contributed by atoms with Gasteiger partial charge in [0.15, 0.2) is 0 Å². The van der Waals surface area contributed by atoms with E-state index in [-0.39, 0.29) is 23.9 Å². The minimum absolute atomic E-state index is 0.00826. The third kappa shape index (κ3) is 2.72. The molecule has 23 heavy (non-hydrogen) atoms. The summed E-state index contributed by atoms with van der Waals surface area (Å²) in [6.45, 7) is 2.26. The molecule has 1 atom stereocenters. The fourth-order valence-corrected chi connectivity index (χ4v) is 4.71. The molecule has 1 amide bonds. The number of hydrogen-bond acceptors (Lipinski definition) is 4. The maximum Gasteiger partial charge on any atom is 0.307 e. The Kier molecular flexibility index (Phi) is 3.89. The van der Waals surface area contributed by atoms with E-state index in [0.717, 1.165) is 11.3 Å². The van der Waals surface area contributed by atoms with E-state index in [9.17, 15) is 18.0 Å². The molecule has 1 unspecified atom stereocenters. The van der Waals surface area contributed by atoms with Crippen molar-refractivity contribution in [3.05, 3.63) is 23.8 Å². The highest BCUT2D eigenvalue weighted by Gasteiger charge is 2.36. The van der Waals surface area contributed by atoms with Crippen molar-refractivity contribution in [3.63, 3.8) is 0 Å². The molecule has 1 aromatic rings. The highest BCUT2D eigenvalue weighted by atomic mass is 32.2. The van der Waals surface area contributed by atoms with Gasteiger partial charge in [-0.3, -0.25) is 9.59 Å². The molecule has 1 N–H and O–H groups in total. The standard InChI is InChI=1S/C15H18N2O5S/c1-10(18)17-7-5-11-8-13(2-3-14(11)17)23(21,22)16-6-4-12(9-16)15(19)20/h2-3,8,12H,4-7,9H2,1H3,(H,19,20). The third-order valence-electron chi connectivity index (χ3n) is 4.46. The number of nitrogens with zero attached hydrogens (tertiary/aromatic N) is 2. The van der Waals surface area contributed by atoms with E-state index in [0.29, 0.717) is 19.4 Å². The van der Waals surface area contributed by atoms with E-state index < -0.39 is 21.9 Å². The molecule has 2 aliphatic rings. The van der Waals surface area contributed by atoms with Crippen molar-refractivity contribution in [2.24, 2.45) is 5.92 Å². The molecule has 124 valence electrons. The van der Waals surface area contributed by atoms with Crippen LogP contribution in [0.2, 0.25) is 0 Å². The summed E-state index contributed by atoms with van der Waals surface area (Å²) in [5, 5.41) is 9.02. The molecule has 2 heterocycles. The summed E-state index contributed by atoms with van der Waals surface area (Å²) in [7, 11) is -3.70. The number of carboxylic acid groups (broad SMARTS) is 1. The number of carboxylic acids is 1. The number of rotatable bonds is 3. The van der Waals surface area contributed by atoms with Crippen LogP contribution in [0.4, 0.5) is 5.69 Å². The Morgan fingerprint density at radius 2 is 2.00 bits per heavy atom. The second-order valence-corrected chi connectivity index (χ2v) is 7.84. The Bertz CT molecular complexity index is 774. The molecule has 0 bridgehead atoms. The van der Waals surface area contributed by atoms with Gasteiger partial charge in [0, 0.05) is 32.2 Å². The first kappa shape index (κ1) is 15.9. The van der Waals surface area contributed by atoms with Crippen molar-refractivity contribution in [2.45, 2.75) is 24.7 Å². The molecule has 3 rings (SSSR count). The maximum atomic E-state index is 12.7. The average Bonchev–Trinajstić information content (AvgIpc) is 3.13. The van der Waals surface area contributed by atoms with Gasteiger partial charge in [0.2, 0.25) is 15.9 Å². The van der Waals surface area contributed by atoms with E-state index in [1.54, 1.807) is 17.0 Å². The predicted molar refractivity (Wildman–Crippen MR) is 82.7 cm³/mol. The van der Waals surface area contributed by atoms with Crippen molar-refractivity contribution in [1.29, 1.82) is 0 Å². The zero-order chi connectivity index (χ0) is 16.8. The Balaban J connectivity index is 1.88. The SMILES string of the molecule is CC(=O)N1CCc2cc(S(=O)(=O)N3CCC(C(=O)O)C3)ccc21. The lowest BCUT2D eigenvalue weighted by atomic mass is 10.1. The van der Waals surface area contributed by atoms with Crippen molar-refractivity contribution in [2.75, 3.05) is 24.5 Å². The van der Waals surface area contributed by atoms with Gasteiger partial charge in [-0.1, -0.05) is 0 Å². The molecule has 0 aromatic heterocycles. The molecule has 8 heteroatoms. The monoisotopic (exact) mass is 338 g/mol. The Morgan fingerprint density at radius 3 is 2.61 bits per heavy atom. The molecular weight excluding hydrogens is 320 g/mol. The van der Waals surface area contributed by atoms with Crippen LogP contribution >= 0.6 is 0 Å². The Morgan fingerprint density at radius 1 is 1.26 bits per heavy atom. The molecule has 1 saturated heterocycles. The summed E-state index contributed by atoms with van der Waals surface area (Å²) in [5.74, 6) is -1.68. The molecular formula is C15H18N2O5S. The lowest BCUT2D eigenvalue weighted by molar-refractivity contribution is -0.141. The number of anilines is 1. The van der Waals surface area contributed by atoms with E-state index in [1.807, 2.05) is 0 Å². The second kappa shape index (κ2) is 5.61. The maximum absolute atomic E-state index is 12.7. The molecule has 7 nitrogen and oxygen atoms in total. The van der Waals surface area contributed by atoms with Gasteiger partial charge in [0.1, 0.15) is 0 Å². The highest BCUT2D eigenvalue weighted by Crippen LogP contribution is 2.32. The van der Waals surface area contributed by atoms with Crippen LogP contribution in [0.25, 0.3) is 0 Å². The Hall–Kier alpha value is -1.93. The second-order valence-electron chi connectivity index (χ2n) is 5.90. The first-order valence-corrected chi connectivity index (χ1v) is 8.88. The van der Waals surface area contributed by atoms with Crippen LogP contribution in [-0.2, 0) is 26.0 Å². The van der Waals surface area contributed by atoms with Gasteiger partial charge < -0.3 is 10.0 Å². The highest BCUT2D eigenvalue weighted by molar-refractivity contribution is 7.89. The topological polar surface area (TPSA) is 95.0 Å². The summed E-state index contributed by atoms with van der Waals surface area (Å²) in [4.78, 5) is 24.3. The molecule has 0 aliphatic carbocycles. The van der Waals surface area contributed by atoms with Crippen LogP contribution in [0, 0.1) is 5.92 Å². The molecule has 0 radical (unpaired) electrons. The van der Waals surface area contributed by atoms with Crippen LogP contribution in [0.5, 0.6) is 0 Å². The number of aliphatic carboxylic acids is 1. The molecule has 0 spiro atoms. The summed E-state index contributed by atoms with van der Waals surface area (Å²) in [5.41, 5.74) is 1.58. The van der Waals surface area contributed by atoms with E-state index >= 15 is 0 Å². The van der Waals surface area contributed by atoms with E-state index in [4.69, 9.17) is 5.11 Å². The number of amides is 1. The Labute approximate surface area is 134 Å². The number of benzene rings is 1. The fourth-order valence-electron chi connectivity index (χ4n) is 3.16. The number of carbonyl (C=O) groups excluding carboxylic acids is 1. The van der Waals surface area contributed by atoms with Gasteiger partial charge in [-0.25, -0.2) is 8.42 Å². The van der Waals surface area contributed by atoms with Gasteiger partial charge in [-0.05, 0) is 36.6 Å². The average molecular weight is 338 g/mol. The van der Waals surface area contributed by atoms with Crippen LogP contribution in [-0.4, -0.2) is 49.3 Å². The van der Waals surface area contributed by atoms with Crippen molar-refractivity contribution >= 4 is 27.6 Å². The van der Waals surface area contributed by atoms with Gasteiger partial charge in [0.05, 0.1) is 10.8 Å². The van der Waals surface area contributed by atoms with Gasteiger partial charge in [0.25, 0.3) is 0 Å². The fraction of sp³-hybridized carbons (Fsp3) is 0.467. The van der Waals surface area contributed by atoms with Crippen LogP contribution in [0.3, 0.4) is 0 Å². The summed E-state index contributed by atoms with van der Waals surface area (Å²) in [6, 6.07) is 4.74. The lowest BCUT2D eigenvalue weighted by Gasteiger charge is -2.18. The van der Waals surface area contributed by atoms with Crippen molar-refractivity contribution in [1.82, 2.24) is 4.31 Å². The molecule has 0 saturated carbocycles. The number of fused-ring (bicyclic) bond motifs is 1. The van der Waals surface area contributed by atoms with Gasteiger partial charge >= 0.3 is 5.97 Å². The van der Waals surface area contributed by atoms with Gasteiger partial charge in [-0.15, -0.1) is 0 Å². The normalized spacial score (nSPS) is 21.4.